The number of nitrogens with zero attached hydrogens (tertiary/aromatic N) is 1. The van der Waals surface area contributed by atoms with Crippen LogP contribution in [-0.2, 0) is 6.42 Å². The summed E-state index contributed by atoms with van der Waals surface area (Å²) >= 11 is 0. The normalized spacial score (nSPS) is 12.4. The number of hydrogen-bond donors (Lipinski definition) is 1. The predicted molar refractivity (Wildman–Crippen MR) is 64.6 cm³/mol. The summed E-state index contributed by atoms with van der Waals surface area (Å²) in [6.45, 7) is 5.92. The molecule has 2 nitrogen and oxygen atoms in total. The van der Waals surface area contributed by atoms with Crippen molar-refractivity contribution < 1.29 is 0 Å². The zero-order valence-electron chi connectivity index (χ0n) is 9.45. The molecular formula is C13H20N2. The Bertz CT molecular complexity index is 293. The molecule has 0 bridgehead atoms. The fraction of sp³-hybridized carbons (Fsp3) is 0.462. The van der Waals surface area contributed by atoms with Gasteiger partial charge in [-0.1, -0.05) is 11.6 Å². The van der Waals surface area contributed by atoms with E-state index >= 15 is 0 Å². The molecule has 0 aromatic carbocycles. The Morgan fingerprint density at radius 3 is 2.87 bits per heavy atom. The summed E-state index contributed by atoms with van der Waals surface area (Å²) in [5.41, 5.74) is 8.34. The van der Waals surface area contributed by atoms with Crippen LogP contribution in [0.15, 0.2) is 36.5 Å². The summed E-state index contributed by atoms with van der Waals surface area (Å²) in [7, 11) is 0. The van der Waals surface area contributed by atoms with Gasteiger partial charge in [-0.2, -0.15) is 0 Å². The van der Waals surface area contributed by atoms with E-state index in [1.54, 1.807) is 0 Å². The summed E-state index contributed by atoms with van der Waals surface area (Å²) in [6.07, 6.45) is 5.86. The number of pyridine rings is 1. The Hall–Kier alpha value is -1.15. The molecule has 0 radical (unpaired) electrons. The number of allylic oxidation sites excluding steroid dienone is 1. The van der Waals surface area contributed by atoms with Gasteiger partial charge in [0.05, 0.1) is 0 Å². The maximum absolute atomic E-state index is 6.00. The van der Waals surface area contributed by atoms with Crippen molar-refractivity contribution in [2.24, 2.45) is 5.73 Å². The Labute approximate surface area is 92.2 Å². The highest BCUT2D eigenvalue weighted by atomic mass is 14.7. The molecule has 0 fully saturated rings. The largest absolute Gasteiger partial charge is 0.328 e. The van der Waals surface area contributed by atoms with E-state index in [-0.39, 0.29) is 6.04 Å². The average Bonchev–Trinajstić information content (AvgIpc) is 2.25. The lowest BCUT2D eigenvalue weighted by molar-refractivity contribution is 0.564. The predicted octanol–water partition coefficient (Wildman–Crippen LogP) is 2.70. The smallest absolute Gasteiger partial charge is 0.0404 e. The van der Waals surface area contributed by atoms with Crippen LogP contribution in [0.5, 0.6) is 0 Å². The molecule has 1 aromatic heterocycles. The summed E-state index contributed by atoms with van der Waals surface area (Å²) < 4.78 is 0. The van der Waals surface area contributed by atoms with Gasteiger partial charge >= 0.3 is 0 Å². The van der Waals surface area contributed by atoms with Gasteiger partial charge < -0.3 is 5.73 Å². The van der Waals surface area contributed by atoms with Crippen molar-refractivity contribution in [2.45, 2.75) is 38.6 Å². The first-order valence-electron chi connectivity index (χ1n) is 5.48. The number of nitrogens with two attached hydrogens (primary N) is 1. The topological polar surface area (TPSA) is 38.9 Å². The third-order valence-electron chi connectivity index (χ3n) is 2.44. The Kier molecular flexibility index (Phi) is 5.05. The zero-order valence-corrected chi connectivity index (χ0v) is 9.45. The molecule has 1 atom stereocenters. The van der Waals surface area contributed by atoms with Crippen LogP contribution in [0.25, 0.3) is 0 Å². The van der Waals surface area contributed by atoms with Crippen molar-refractivity contribution in [1.82, 2.24) is 4.98 Å². The molecule has 0 aliphatic rings. The van der Waals surface area contributed by atoms with Gasteiger partial charge in [0.15, 0.2) is 0 Å². The number of aryl methyl sites for hydroxylation is 1. The van der Waals surface area contributed by atoms with Crippen LogP contribution < -0.4 is 5.73 Å². The third-order valence-corrected chi connectivity index (χ3v) is 2.44. The summed E-state index contributed by atoms with van der Waals surface area (Å²) in [5.74, 6) is 0. The van der Waals surface area contributed by atoms with Crippen molar-refractivity contribution in [3.63, 3.8) is 0 Å². The van der Waals surface area contributed by atoms with Gasteiger partial charge in [-0.3, -0.25) is 4.98 Å². The first-order chi connectivity index (χ1) is 7.18. The Morgan fingerprint density at radius 2 is 2.27 bits per heavy atom. The first-order valence-corrected chi connectivity index (χ1v) is 5.48. The van der Waals surface area contributed by atoms with Gasteiger partial charge in [-0.15, -0.1) is 6.58 Å². The van der Waals surface area contributed by atoms with E-state index in [9.17, 15) is 0 Å². The highest BCUT2D eigenvalue weighted by Crippen LogP contribution is 2.08. The van der Waals surface area contributed by atoms with Crippen LogP contribution in [-0.4, -0.2) is 11.0 Å². The van der Waals surface area contributed by atoms with Crippen molar-refractivity contribution >= 4 is 0 Å². The monoisotopic (exact) mass is 204 g/mol. The van der Waals surface area contributed by atoms with E-state index in [0.717, 1.165) is 31.4 Å². The average molecular weight is 204 g/mol. The number of hydrogen-bond acceptors (Lipinski definition) is 2. The molecule has 0 saturated carbocycles. The van der Waals surface area contributed by atoms with E-state index in [1.165, 1.54) is 5.57 Å². The molecule has 15 heavy (non-hydrogen) atoms. The first kappa shape index (κ1) is 11.9. The van der Waals surface area contributed by atoms with Gasteiger partial charge in [0.1, 0.15) is 0 Å². The highest BCUT2D eigenvalue weighted by Gasteiger charge is 2.03. The molecule has 0 spiro atoms. The van der Waals surface area contributed by atoms with Crippen LogP contribution in [0.3, 0.4) is 0 Å². The lowest BCUT2D eigenvalue weighted by Gasteiger charge is -2.10. The molecular weight excluding hydrogens is 184 g/mol. The quantitative estimate of drug-likeness (QED) is 0.724. The summed E-state index contributed by atoms with van der Waals surface area (Å²) in [6, 6.07) is 6.27. The summed E-state index contributed by atoms with van der Waals surface area (Å²) in [4.78, 5) is 4.27. The van der Waals surface area contributed by atoms with E-state index in [4.69, 9.17) is 5.73 Å². The molecule has 0 saturated heterocycles. The van der Waals surface area contributed by atoms with Gasteiger partial charge in [0, 0.05) is 17.9 Å². The van der Waals surface area contributed by atoms with Gasteiger partial charge in [-0.25, -0.2) is 0 Å². The minimum Gasteiger partial charge on any atom is -0.328 e. The molecule has 0 aliphatic heterocycles. The zero-order chi connectivity index (χ0) is 11.1. The number of rotatable bonds is 6. The molecule has 0 aliphatic carbocycles. The van der Waals surface area contributed by atoms with E-state index < -0.39 is 0 Å². The van der Waals surface area contributed by atoms with Crippen molar-refractivity contribution in [3.05, 3.63) is 42.2 Å². The Balaban J connectivity index is 2.22. The fourth-order valence-corrected chi connectivity index (χ4v) is 1.46. The molecule has 2 heteroatoms. The van der Waals surface area contributed by atoms with Crippen molar-refractivity contribution in [1.29, 1.82) is 0 Å². The maximum atomic E-state index is 6.00. The lowest BCUT2D eigenvalue weighted by atomic mass is 10.0. The fourth-order valence-electron chi connectivity index (χ4n) is 1.46. The van der Waals surface area contributed by atoms with Gasteiger partial charge in [0.25, 0.3) is 0 Å². The standard InChI is InChI=1S/C13H20N2/c1-11(2)6-7-12(14)8-9-13-5-3-4-10-15-13/h3-5,10,12H,1,6-9,14H2,2H3. The Morgan fingerprint density at radius 1 is 1.47 bits per heavy atom. The minimum atomic E-state index is 0.267. The minimum absolute atomic E-state index is 0.267. The van der Waals surface area contributed by atoms with Crippen LogP contribution >= 0.6 is 0 Å². The lowest BCUT2D eigenvalue weighted by Crippen LogP contribution is -2.20. The summed E-state index contributed by atoms with van der Waals surface area (Å²) in [5, 5.41) is 0. The number of aromatic nitrogens is 1. The van der Waals surface area contributed by atoms with Crippen molar-refractivity contribution in [3.8, 4) is 0 Å². The third kappa shape index (κ3) is 5.33. The highest BCUT2D eigenvalue weighted by molar-refractivity contribution is 5.03. The van der Waals surface area contributed by atoms with Crippen LogP contribution in [0.1, 0.15) is 31.9 Å². The maximum Gasteiger partial charge on any atom is 0.0404 e. The molecule has 82 valence electrons. The molecule has 1 heterocycles. The van der Waals surface area contributed by atoms with Gasteiger partial charge in [-0.05, 0) is 44.7 Å². The molecule has 0 amide bonds. The second-order valence-electron chi connectivity index (χ2n) is 4.12. The molecule has 1 aromatic rings. The molecule has 2 N–H and O–H groups in total. The molecule has 1 rings (SSSR count). The SMILES string of the molecule is C=C(C)CCC(N)CCc1ccccn1. The van der Waals surface area contributed by atoms with Gasteiger partial charge in [0.2, 0.25) is 0 Å². The van der Waals surface area contributed by atoms with Crippen LogP contribution in [0.4, 0.5) is 0 Å². The van der Waals surface area contributed by atoms with E-state index in [1.807, 2.05) is 31.3 Å². The second kappa shape index (κ2) is 6.36. The second-order valence-corrected chi connectivity index (χ2v) is 4.12. The van der Waals surface area contributed by atoms with E-state index in [0.29, 0.717) is 0 Å². The van der Waals surface area contributed by atoms with E-state index in [2.05, 4.69) is 11.6 Å². The van der Waals surface area contributed by atoms with Crippen molar-refractivity contribution in [2.75, 3.05) is 0 Å². The van der Waals surface area contributed by atoms with Crippen LogP contribution in [0, 0.1) is 0 Å². The molecule has 1 unspecified atom stereocenters. The van der Waals surface area contributed by atoms with Crippen LogP contribution in [0.2, 0.25) is 0 Å².